The monoisotopic (exact) mass is 359 g/mol. The van der Waals surface area contributed by atoms with Crippen LogP contribution in [0, 0.1) is 0 Å². The SMILES string of the molecule is CC(=O)c1ccc(OCC(=O)NC(c2ccccc2)c2ccccc2)cc1. The van der Waals surface area contributed by atoms with E-state index in [0.717, 1.165) is 11.1 Å². The number of carbonyl (C=O) groups excluding carboxylic acids is 2. The van der Waals surface area contributed by atoms with E-state index >= 15 is 0 Å². The van der Waals surface area contributed by atoms with Gasteiger partial charge in [-0.25, -0.2) is 0 Å². The number of ether oxygens (including phenoxy) is 1. The maximum absolute atomic E-state index is 12.5. The molecular formula is C23H21NO3. The Morgan fingerprint density at radius 2 is 1.33 bits per heavy atom. The Morgan fingerprint density at radius 1 is 0.815 bits per heavy atom. The van der Waals surface area contributed by atoms with E-state index in [0.29, 0.717) is 11.3 Å². The molecule has 27 heavy (non-hydrogen) atoms. The van der Waals surface area contributed by atoms with Gasteiger partial charge in [0, 0.05) is 5.56 Å². The third-order valence-corrected chi connectivity index (χ3v) is 4.20. The van der Waals surface area contributed by atoms with Crippen LogP contribution >= 0.6 is 0 Å². The summed E-state index contributed by atoms with van der Waals surface area (Å²) in [5, 5.41) is 3.03. The van der Waals surface area contributed by atoms with E-state index in [1.54, 1.807) is 24.3 Å². The highest BCUT2D eigenvalue weighted by molar-refractivity contribution is 5.94. The first-order valence-corrected chi connectivity index (χ1v) is 8.76. The second kappa shape index (κ2) is 8.81. The highest BCUT2D eigenvalue weighted by atomic mass is 16.5. The van der Waals surface area contributed by atoms with E-state index < -0.39 is 0 Å². The number of ketones is 1. The molecular weight excluding hydrogens is 338 g/mol. The van der Waals surface area contributed by atoms with Gasteiger partial charge in [0.15, 0.2) is 12.4 Å². The first kappa shape index (κ1) is 18.4. The Morgan fingerprint density at radius 3 is 1.81 bits per heavy atom. The van der Waals surface area contributed by atoms with E-state index in [1.807, 2.05) is 60.7 Å². The van der Waals surface area contributed by atoms with Gasteiger partial charge in [-0.1, -0.05) is 60.7 Å². The first-order chi connectivity index (χ1) is 13.1. The molecule has 0 aliphatic heterocycles. The van der Waals surface area contributed by atoms with Crippen LogP contribution in [0.4, 0.5) is 0 Å². The summed E-state index contributed by atoms with van der Waals surface area (Å²) in [5.74, 6) is 0.322. The van der Waals surface area contributed by atoms with Crippen LogP contribution in [-0.4, -0.2) is 18.3 Å². The molecule has 4 heteroatoms. The standard InChI is InChI=1S/C23H21NO3/c1-17(25)18-12-14-21(15-13-18)27-16-22(26)24-23(19-8-4-2-5-9-19)20-10-6-3-7-11-20/h2-15,23H,16H2,1H3,(H,24,26). The van der Waals surface area contributed by atoms with E-state index in [4.69, 9.17) is 4.74 Å². The molecule has 0 saturated carbocycles. The fourth-order valence-corrected chi connectivity index (χ4v) is 2.79. The fourth-order valence-electron chi connectivity index (χ4n) is 2.79. The average molecular weight is 359 g/mol. The van der Waals surface area contributed by atoms with Gasteiger partial charge in [0.2, 0.25) is 0 Å². The lowest BCUT2D eigenvalue weighted by Crippen LogP contribution is -2.33. The Kier molecular flexibility index (Phi) is 6.00. The van der Waals surface area contributed by atoms with Crippen molar-refractivity contribution in [3.8, 4) is 5.75 Å². The molecule has 1 N–H and O–H groups in total. The zero-order valence-electron chi connectivity index (χ0n) is 15.1. The van der Waals surface area contributed by atoms with Gasteiger partial charge in [0.05, 0.1) is 6.04 Å². The lowest BCUT2D eigenvalue weighted by Gasteiger charge is -2.20. The van der Waals surface area contributed by atoms with E-state index in [9.17, 15) is 9.59 Å². The normalized spacial score (nSPS) is 10.4. The van der Waals surface area contributed by atoms with Crippen molar-refractivity contribution in [2.24, 2.45) is 0 Å². The molecule has 1 amide bonds. The molecule has 136 valence electrons. The van der Waals surface area contributed by atoms with Crippen LogP contribution in [0.5, 0.6) is 5.75 Å². The van der Waals surface area contributed by atoms with Crippen LogP contribution in [-0.2, 0) is 4.79 Å². The highest BCUT2D eigenvalue weighted by Crippen LogP contribution is 2.21. The second-order valence-electron chi connectivity index (χ2n) is 6.19. The number of amides is 1. The van der Waals surface area contributed by atoms with E-state index in [-0.39, 0.29) is 24.3 Å². The van der Waals surface area contributed by atoms with Gasteiger partial charge in [0.25, 0.3) is 5.91 Å². The first-order valence-electron chi connectivity index (χ1n) is 8.76. The number of rotatable bonds is 7. The van der Waals surface area contributed by atoms with E-state index in [2.05, 4.69) is 5.32 Å². The molecule has 0 fully saturated rings. The molecule has 0 atom stereocenters. The predicted molar refractivity (Wildman–Crippen MR) is 105 cm³/mol. The third-order valence-electron chi connectivity index (χ3n) is 4.20. The Hall–Kier alpha value is -3.40. The third kappa shape index (κ3) is 5.05. The number of benzene rings is 3. The number of hydrogen-bond donors (Lipinski definition) is 1. The Balaban J connectivity index is 1.67. The Labute approximate surface area is 158 Å². The molecule has 0 aliphatic rings. The molecule has 3 aromatic carbocycles. The van der Waals surface area contributed by atoms with Crippen LogP contribution in [0.3, 0.4) is 0 Å². The number of Topliss-reactive ketones (excluding diaryl/α,β-unsaturated/α-hetero) is 1. The molecule has 0 saturated heterocycles. The van der Waals surface area contributed by atoms with Crippen LogP contribution < -0.4 is 10.1 Å². The summed E-state index contributed by atoms with van der Waals surface area (Å²) in [6.45, 7) is 1.41. The van der Waals surface area contributed by atoms with Gasteiger partial charge in [-0.15, -0.1) is 0 Å². The molecule has 0 heterocycles. The average Bonchev–Trinajstić information content (AvgIpc) is 2.72. The summed E-state index contributed by atoms with van der Waals surface area (Å²) >= 11 is 0. The predicted octanol–water partition coefficient (Wildman–Crippen LogP) is 4.17. The van der Waals surface area contributed by atoms with Gasteiger partial charge < -0.3 is 10.1 Å². The quantitative estimate of drug-likeness (QED) is 0.644. The molecule has 3 rings (SSSR count). The van der Waals surface area contributed by atoms with Crippen molar-refractivity contribution in [3.63, 3.8) is 0 Å². The van der Waals surface area contributed by atoms with Crippen molar-refractivity contribution >= 4 is 11.7 Å². The molecule has 4 nitrogen and oxygen atoms in total. The molecule has 0 spiro atoms. The summed E-state index contributed by atoms with van der Waals surface area (Å²) in [7, 11) is 0. The Bertz CT molecular complexity index is 850. The minimum absolute atomic E-state index is 0.00661. The van der Waals surface area contributed by atoms with Gasteiger partial charge in [-0.05, 0) is 42.3 Å². The van der Waals surface area contributed by atoms with Crippen LogP contribution in [0.1, 0.15) is 34.5 Å². The van der Waals surface area contributed by atoms with Crippen molar-refractivity contribution in [1.29, 1.82) is 0 Å². The van der Waals surface area contributed by atoms with Crippen molar-refractivity contribution in [3.05, 3.63) is 102 Å². The minimum atomic E-state index is -0.247. The second-order valence-corrected chi connectivity index (χ2v) is 6.19. The van der Waals surface area contributed by atoms with Crippen LogP contribution in [0.2, 0.25) is 0 Å². The zero-order chi connectivity index (χ0) is 19.1. The largest absolute Gasteiger partial charge is 0.484 e. The van der Waals surface area contributed by atoms with Crippen molar-refractivity contribution in [1.82, 2.24) is 5.32 Å². The number of hydrogen-bond acceptors (Lipinski definition) is 3. The molecule has 0 aromatic heterocycles. The van der Waals surface area contributed by atoms with E-state index in [1.165, 1.54) is 6.92 Å². The smallest absolute Gasteiger partial charge is 0.258 e. The summed E-state index contributed by atoms with van der Waals surface area (Å²) in [6.07, 6.45) is 0. The summed E-state index contributed by atoms with van der Waals surface area (Å²) in [6, 6.07) is 26.1. The maximum Gasteiger partial charge on any atom is 0.258 e. The molecule has 3 aromatic rings. The van der Waals surface area contributed by atoms with Gasteiger partial charge in [-0.2, -0.15) is 0 Å². The van der Waals surface area contributed by atoms with Gasteiger partial charge >= 0.3 is 0 Å². The number of carbonyl (C=O) groups is 2. The lowest BCUT2D eigenvalue weighted by atomic mass is 9.99. The number of nitrogens with one attached hydrogen (secondary N) is 1. The molecule has 0 bridgehead atoms. The van der Waals surface area contributed by atoms with Crippen LogP contribution in [0.15, 0.2) is 84.9 Å². The van der Waals surface area contributed by atoms with Crippen molar-refractivity contribution in [2.75, 3.05) is 6.61 Å². The molecule has 0 radical (unpaired) electrons. The van der Waals surface area contributed by atoms with Gasteiger partial charge in [0.1, 0.15) is 5.75 Å². The minimum Gasteiger partial charge on any atom is -0.484 e. The molecule has 0 unspecified atom stereocenters. The maximum atomic E-state index is 12.5. The van der Waals surface area contributed by atoms with Gasteiger partial charge in [-0.3, -0.25) is 9.59 Å². The molecule has 0 aliphatic carbocycles. The topological polar surface area (TPSA) is 55.4 Å². The van der Waals surface area contributed by atoms with Crippen LogP contribution in [0.25, 0.3) is 0 Å². The van der Waals surface area contributed by atoms with Crippen molar-refractivity contribution in [2.45, 2.75) is 13.0 Å². The zero-order valence-corrected chi connectivity index (χ0v) is 15.1. The summed E-state index contributed by atoms with van der Waals surface area (Å²) < 4.78 is 5.55. The van der Waals surface area contributed by atoms with Crippen molar-refractivity contribution < 1.29 is 14.3 Å². The summed E-state index contributed by atoms with van der Waals surface area (Å²) in [4.78, 5) is 23.8. The fraction of sp³-hybridized carbons (Fsp3) is 0.130. The summed E-state index contributed by atoms with van der Waals surface area (Å²) in [5.41, 5.74) is 2.62. The highest BCUT2D eigenvalue weighted by Gasteiger charge is 2.16. The lowest BCUT2D eigenvalue weighted by molar-refractivity contribution is -0.123.